The zero-order chi connectivity index (χ0) is 21.1. The van der Waals surface area contributed by atoms with Crippen LogP contribution in [0.2, 0.25) is 0 Å². The fourth-order valence-corrected chi connectivity index (χ4v) is 3.78. The highest BCUT2D eigenvalue weighted by atomic mass is 19.4. The Morgan fingerprint density at radius 2 is 1.77 bits per heavy atom. The number of hydrogen-bond donors (Lipinski definition) is 0. The number of anilines is 1. The van der Waals surface area contributed by atoms with Gasteiger partial charge in [0.25, 0.3) is 5.91 Å². The van der Waals surface area contributed by atoms with Crippen molar-refractivity contribution in [3.8, 4) is 0 Å². The van der Waals surface area contributed by atoms with Crippen molar-refractivity contribution < 1.29 is 22.7 Å². The van der Waals surface area contributed by atoms with Gasteiger partial charge >= 0.3 is 6.18 Å². The van der Waals surface area contributed by atoms with Gasteiger partial charge in [0.2, 0.25) is 5.82 Å². The topological polar surface area (TPSA) is 71.5 Å². The smallest absolute Gasteiger partial charge is 0.378 e. The number of aromatic nitrogens is 3. The Balaban J connectivity index is 1.40. The quantitative estimate of drug-likeness (QED) is 0.759. The maximum Gasteiger partial charge on any atom is 0.433 e. The molecule has 30 heavy (non-hydrogen) atoms. The number of likely N-dealkylation sites (tertiary alicyclic amines) is 1. The van der Waals surface area contributed by atoms with Crippen LogP contribution in [0.5, 0.6) is 0 Å². The molecule has 7 nitrogen and oxygen atoms in total. The molecule has 2 aliphatic heterocycles. The summed E-state index contributed by atoms with van der Waals surface area (Å²) in [4.78, 5) is 28.9. The number of carbonyl (C=O) groups is 1. The van der Waals surface area contributed by atoms with E-state index in [1.165, 1.54) is 6.07 Å². The zero-order valence-electron chi connectivity index (χ0n) is 16.3. The highest BCUT2D eigenvalue weighted by molar-refractivity contribution is 5.90. The second-order valence-electron chi connectivity index (χ2n) is 7.35. The van der Waals surface area contributed by atoms with Gasteiger partial charge in [-0.2, -0.15) is 13.2 Å². The van der Waals surface area contributed by atoms with Crippen molar-refractivity contribution in [3.63, 3.8) is 0 Å². The van der Waals surface area contributed by atoms with Gasteiger partial charge < -0.3 is 14.5 Å². The summed E-state index contributed by atoms with van der Waals surface area (Å²) in [5.41, 5.74) is -0.464. The van der Waals surface area contributed by atoms with Gasteiger partial charge in [0.05, 0.1) is 13.2 Å². The average molecular weight is 421 g/mol. The van der Waals surface area contributed by atoms with E-state index >= 15 is 0 Å². The monoisotopic (exact) mass is 421 g/mol. The summed E-state index contributed by atoms with van der Waals surface area (Å²) in [5.74, 6) is 0.451. The van der Waals surface area contributed by atoms with E-state index in [4.69, 9.17) is 4.74 Å². The molecule has 2 saturated heterocycles. The SMILES string of the molecule is O=C(c1nccc(N2CCOCC2)n1)N1CCC(c2cccc(C(F)(F)F)n2)CC1. The first-order chi connectivity index (χ1) is 14.4. The average Bonchev–Trinajstić information content (AvgIpc) is 2.79. The molecule has 0 saturated carbocycles. The van der Waals surface area contributed by atoms with Crippen LogP contribution in [0.4, 0.5) is 19.0 Å². The van der Waals surface area contributed by atoms with Crippen LogP contribution in [0.15, 0.2) is 30.5 Å². The van der Waals surface area contributed by atoms with E-state index in [1.807, 2.05) is 4.90 Å². The minimum absolute atomic E-state index is 0.114. The number of morpholine rings is 1. The summed E-state index contributed by atoms with van der Waals surface area (Å²) in [6, 6.07) is 5.74. The molecule has 1 amide bonds. The summed E-state index contributed by atoms with van der Waals surface area (Å²) in [5, 5.41) is 0. The summed E-state index contributed by atoms with van der Waals surface area (Å²) in [7, 11) is 0. The van der Waals surface area contributed by atoms with Gasteiger partial charge in [0.15, 0.2) is 0 Å². The lowest BCUT2D eigenvalue weighted by Gasteiger charge is -2.32. The zero-order valence-corrected chi connectivity index (χ0v) is 16.3. The van der Waals surface area contributed by atoms with Crippen molar-refractivity contribution in [3.05, 3.63) is 47.7 Å². The number of piperidine rings is 1. The standard InChI is InChI=1S/C20H22F3N5O2/c21-20(22,23)16-3-1-2-15(25-16)14-5-8-28(9-6-14)19(29)18-24-7-4-17(26-18)27-10-12-30-13-11-27/h1-4,7,14H,5-6,8-13H2. The molecular weight excluding hydrogens is 399 g/mol. The molecular formula is C20H22F3N5O2. The van der Waals surface area contributed by atoms with Crippen molar-refractivity contribution in [2.45, 2.75) is 24.9 Å². The number of halogens is 3. The Labute approximate surface area is 171 Å². The first-order valence-electron chi connectivity index (χ1n) is 9.91. The number of hydrogen-bond acceptors (Lipinski definition) is 6. The molecule has 0 unspecified atom stereocenters. The maximum absolute atomic E-state index is 12.9. The number of pyridine rings is 1. The van der Waals surface area contributed by atoms with E-state index in [0.29, 0.717) is 63.7 Å². The molecule has 160 valence electrons. The lowest BCUT2D eigenvalue weighted by molar-refractivity contribution is -0.141. The highest BCUT2D eigenvalue weighted by Gasteiger charge is 2.34. The van der Waals surface area contributed by atoms with Crippen LogP contribution < -0.4 is 4.90 Å². The molecule has 0 aromatic carbocycles. The normalized spacial score (nSPS) is 18.5. The fourth-order valence-electron chi connectivity index (χ4n) is 3.78. The van der Waals surface area contributed by atoms with Crippen molar-refractivity contribution in [1.29, 1.82) is 0 Å². The van der Waals surface area contributed by atoms with Crippen molar-refractivity contribution in [2.75, 3.05) is 44.3 Å². The minimum atomic E-state index is -4.46. The number of rotatable bonds is 3. The van der Waals surface area contributed by atoms with Crippen molar-refractivity contribution in [1.82, 2.24) is 19.9 Å². The molecule has 2 fully saturated rings. The summed E-state index contributed by atoms with van der Waals surface area (Å²) in [6.45, 7) is 3.49. The van der Waals surface area contributed by atoms with Crippen LogP contribution in [-0.2, 0) is 10.9 Å². The molecule has 2 aromatic heterocycles. The van der Waals surface area contributed by atoms with Gasteiger partial charge in [-0.1, -0.05) is 6.07 Å². The van der Waals surface area contributed by atoms with Gasteiger partial charge in [0, 0.05) is 44.0 Å². The largest absolute Gasteiger partial charge is 0.433 e. The number of nitrogens with zero attached hydrogens (tertiary/aromatic N) is 5. The third-order valence-corrected chi connectivity index (χ3v) is 5.43. The van der Waals surface area contributed by atoms with Crippen LogP contribution in [0.25, 0.3) is 0 Å². The Kier molecular flexibility index (Phi) is 5.85. The van der Waals surface area contributed by atoms with E-state index in [2.05, 4.69) is 15.0 Å². The van der Waals surface area contributed by atoms with Gasteiger partial charge in [-0.3, -0.25) is 4.79 Å². The molecule has 10 heteroatoms. The predicted molar refractivity (Wildman–Crippen MR) is 102 cm³/mol. The lowest BCUT2D eigenvalue weighted by Crippen LogP contribution is -2.40. The van der Waals surface area contributed by atoms with E-state index < -0.39 is 11.9 Å². The molecule has 0 spiro atoms. The number of amides is 1. The van der Waals surface area contributed by atoms with E-state index in [9.17, 15) is 18.0 Å². The first-order valence-corrected chi connectivity index (χ1v) is 9.91. The Morgan fingerprint density at radius 1 is 1.03 bits per heavy atom. The maximum atomic E-state index is 12.9. The van der Waals surface area contributed by atoms with Crippen LogP contribution in [-0.4, -0.2) is 65.2 Å². The molecule has 4 rings (SSSR count). The van der Waals surface area contributed by atoms with E-state index in [0.717, 1.165) is 6.07 Å². The third kappa shape index (κ3) is 4.53. The third-order valence-electron chi connectivity index (χ3n) is 5.43. The second kappa shape index (κ2) is 8.55. The molecule has 0 radical (unpaired) electrons. The molecule has 0 bridgehead atoms. The van der Waals surface area contributed by atoms with Crippen molar-refractivity contribution >= 4 is 11.7 Å². The fraction of sp³-hybridized carbons (Fsp3) is 0.500. The Hall–Kier alpha value is -2.75. The molecule has 0 N–H and O–H groups in total. The second-order valence-corrected chi connectivity index (χ2v) is 7.35. The first kappa shape index (κ1) is 20.5. The summed E-state index contributed by atoms with van der Waals surface area (Å²) < 4.78 is 44.1. The van der Waals surface area contributed by atoms with Gasteiger partial charge in [-0.25, -0.2) is 15.0 Å². The summed E-state index contributed by atoms with van der Waals surface area (Å²) >= 11 is 0. The number of alkyl halides is 3. The summed E-state index contributed by atoms with van der Waals surface area (Å²) in [6.07, 6.45) is -1.80. The van der Waals surface area contributed by atoms with Gasteiger partial charge in [0.1, 0.15) is 11.5 Å². The number of ether oxygens (including phenoxy) is 1. The predicted octanol–water partition coefficient (Wildman–Crippen LogP) is 2.75. The van der Waals surface area contributed by atoms with Crippen LogP contribution in [0.1, 0.15) is 40.8 Å². The number of carbonyl (C=O) groups excluding carboxylic acids is 1. The Morgan fingerprint density at radius 3 is 2.47 bits per heavy atom. The van der Waals surface area contributed by atoms with Gasteiger partial charge in [-0.15, -0.1) is 0 Å². The minimum Gasteiger partial charge on any atom is -0.378 e. The molecule has 2 aliphatic rings. The van der Waals surface area contributed by atoms with E-state index in [1.54, 1.807) is 23.2 Å². The molecule has 4 heterocycles. The van der Waals surface area contributed by atoms with Crippen LogP contribution >= 0.6 is 0 Å². The molecule has 2 aromatic rings. The van der Waals surface area contributed by atoms with Crippen molar-refractivity contribution in [2.24, 2.45) is 0 Å². The molecule has 0 aliphatic carbocycles. The molecule has 0 atom stereocenters. The Bertz CT molecular complexity index is 894. The van der Waals surface area contributed by atoms with E-state index in [-0.39, 0.29) is 17.6 Å². The van der Waals surface area contributed by atoms with Crippen LogP contribution in [0, 0.1) is 0 Å². The van der Waals surface area contributed by atoms with Gasteiger partial charge in [-0.05, 0) is 31.0 Å². The van der Waals surface area contributed by atoms with Crippen LogP contribution in [0.3, 0.4) is 0 Å². The highest BCUT2D eigenvalue weighted by Crippen LogP contribution is 2.31. The lowest BCUT2D eigenvalue weighted by atomic mass is 9.93.